The SMILES string of the molecule is O=C(NCC(=O)N1CCc2sccc2C1)c1ccc(N2CCCC2=O)cc1. The van der Waals surface area contributed by atoms with Crippen molar-refractivity contribution in [2.45, 2.75) is 25.8 Å². The van der Waals surface area contributed by atoms with E-state index in [1.165, 1.54) is 10.4 Å². The maximum atomic E-state index is 12.4. The van der Waals surface area contributed by atoms with Gasteiger partial charge in [0.25, 0.3) is 5.91 Å². The first-order valence-electron chi connectivity index (χ1n) is 9.13. The lowest BCUT2D eigenvalue weighted by Gasteiger charge is -2.27. The van der Waals surface area contributed by atoms with E-state index in [0.29, 0.717) is 25.1 Å². The number of benzene rings is 1. The number of hydrogen-bond acceptors (Lipinski definition) is 4. The van der Waals surface area contributed by atoms with Crippen LogP contribution in [0.25, 0.3) is 0 Å². The molecule has 27 heavy (non-hydrogen) atoms. The highest BCUT2D eigenvalue weighted by Crippen LogP contribution is 2.24. The van der Waals surface area contributed by atoms with Crippen molar-refractivity contribution in [1.29, 1.82) is 0 Å². The lowest BCUT2D eigenvalue weighted by Crippen LogP contribution is -2.42. The molecule has 0 aliphatic carbocycles. The van der Waals surface area contributed by atoms with Crippen molar-refractivity contribution in [3.05, 3.63) is 51.7 Å². The predicted molar refractivity (Wildman–Crippen MR) is 104 cm³/mol. The molecule has 1 fully saturated rings. The van der Waals surface area contributed by atoms with Crippen LogP contribution in [0.5, 0.6) is 0 Å². The highest BCUT2D eigenvalue weighted by atomic mass is 32.1. The van der Waals surface area contributed by atoms with Gasteiger partial charge >= 0.3 is 0 Å². The first-order valence-corrected chi connectivity index (χ1v) is 10.0. The number of nitrogens with one attached hydrogen (secondary N) is 1. The number of carbonyl (C=O) groups is 3. The number of thiophene rings is 1. The molecule has 0 spiro atoms. The van der Waals surface area contributed by atoms with E-state index in [0.717, 1.165) is 25.1 Å². The summed E-state index contributed by atoms with van der Waals surface area (Å²) in [7, 11) is 0. The number of nitrogens with zero attached hydrogens (tertiary/aromatic N) is 2. The summed E-state index contributed by atoms with van der Waals surface area (Å²) in [5.41, 5.74) is 2.50. The van der Waals surface area contributed by atoms with E-state index >= 15 is 0 Å². The Balaban J connectivity index is 1.31. The van der Waals surface area contributed by atoms with Gasteiger partial charge in [-0.2, -0.15) is 0 Å². The molecule has 0 radical (unpaired) electrons. The molecule has 7 heteroatoms. The van der Waals surface area contributed by atoms with Gasteiger partial charge in [0.1, 0.15) is 0 Å². The largest absolute Gasteiger partial charge is 0.343 e. The van der Waals surface area contributed by atoms with Gasteiger partial charge in [0.2, 0.25) is 11.8 Å². The fourth-order valence-electron chi connectivity index (χ4n) is 3.54. The molecule has 140 valence electrons. The average molecular weight is 383 g/mol. The fourth-order valence-corrected chi connectivity index (χ4v) is 4.43. The highest BCUT2D eigenvalue weighted by molar-refractivity contribution is 7.10. The third-order valence-corrected chi connectivity index (χ3v) is 6.10. The third-order valence-electron chi connectivity index (χ3n) is 5.08. The van der Waals surface area contributed by atoms with Crippen molar-refractivity contribution in [2.75, 3.05) is 24.5 Å². The average Bonchev–Trinajstić information content (AvgIpc) is 3.34. The molecule has 3 heterocycles. The first-order chi connectivity index (χ1) is 13.1. The summed E-state index contributed by atoms with van der Waals surface area (Å²) in [6, 6.07) is 9.01. The Morgan fingerprint density at radius 2 is 1.89 bits per heavy atom. The van der Waals surface area contributed by atoms with Gasteiger partial charge in [0.15, 0.2) is 0 Å². The lowest BCUT2D eigenvalue weighted by molar-refractivity contribution is -0.131. The van der Waals surface area contributed by atoms with Gasteiger partial charge in [-0.3, -0.25) is 14.4 Å². The Morgan fingerprint density at radius 3 is 2.63 bits per heavy atom. The summed E-state index contributed by atoms with van der Waals surface area (Å²) >= 11 is 1.73. The van der Waals surface area contributed by atoms with E-state index in [9.17, 15) is 14.4 Å². The van der Waals surface area contributed by atoms with Crippen LogP contribution in [-0.2, 0) is 22.6 Å². The molecule has 0 bridgehead atoms. The van der Waals surface area contributed by atoms with Crippen LogP contribution in [0, 0.1) is 0 Å². The normalized spacial score (nSPS) is 16.4. The smallest absolute Gasteiger partial charge is 0.251 e. The minimum atomic E-state index is -0.282. The molecule has 4 rings (SSSR count). The third kappa shape index (κ3) is 3.73. The summed E-state index contributed by atoms with van der Waals surface area (Å²) in [4.78, 5) is 41.4. The topological polar surface area (TPSA) is 69.7 Å². The molecule has 6 nitrogen and oxygen atoms in total. The van der Waals surface area contributed by atoms with E-state index < -0.39 is 0 Å². The molecule has 3 amide bonds. The summed E-state index contributed by atoms with van der Waals surface area (Å²) in [5, 5.41) is 4.76. The molecule has 1 aromatic carbocycles. The molecular formula is C20H21N3O3S. The van der Waals surface area contributed by atoms with Crippen LogP contribution >= 0.6 is 11.3 Å². The van der Waals surface area contributed by atoms with E-state index in [1.54, 1.807) is 45.4 Å². The van der Waals surface area contributed by atoms with Crippen LogP contribution in [-0.4, -0.2) is 42.3 Å². The van der Waals surface area contributed by atoms with Gasteiger partial charge in [0.05, 0.1) is 6.54 Å². The summed E-state index contributed by atoms with van der Waals surface area (Å²) < 4.78 is 0. The van der Waals surface area contributed by atoms with Gasteiger partial charge in [-0.05, 0) is 54.1 Å². The second-order valence-corrected chi connectivity index (χ2v) is 7.81. The van der Waals surface area contributed by atoms with Gasteiger partial charge in [-0.1, -0.05) is 0 Å². The number of rotatable bonds is 4. The van der Waals surface area contributed by atoms with Crippen LogP contribution in [0.2, 0.25) is 0 Å². The van der Waals surface area contributed by atoms with Crippen molar-refractivity contribution in [3.8, 4) is 0 Å². The van der Waals surface area contributed by atoms with Crippen LogP contribution in [0.15, 0.2) is 35.7 Å². The van der Waals surface area contributed by atoms with E-state index in [4.69, 9.17) is 0 Å². The Hall–Kier alpha value is -2.67. The van der Waals surface area contributed by atoms with Crippen molar-refractivity contribution in [1.82, 2.24) is 10.2 Å². The summed E-state index contributed by atoms with van der Waals surface area (Å²) in [5.74, 6) is -0.233. The number of amides is 3. The van der Waals surface area contributed by atoms with Crippen LogP contribution in [0.4, 0.5) is 5.69 Å². The van der Waals surface area contributed by atoms with E-state index in [2.05, 4.69) is 16.8 Å². The van der Waals surface area contributed by atoms with Crippen molar-refractivity contribution in [2.24, 2.45) is 0 Å². The maximum absolute atomic E-state index is 12.4. The number of fused-ring (bicyclic) bond motifs is 1. The Labute approximate surface area is 161 Å². The zero-order valence-electron chi connectivity index (χ0n) is 14.9. The molecule has 2 aliphatic rings. The van der Waals surface area contributed by atoms with Gasteiger partial charge in [0, 0.05) is 42.2 Å². The van der Waals surface area contributed by atoms with Crippen molar-refractivity contribution >= 4 is 34.7 Å². The number of carbonyl (C=O) groups excluding carboxylic acids is 3. The molecule has 0 unspecified atom stereocenters. The highest BCUT2D eigenvalue weighted by Gasteiger charge is 2.23. The van der Waals surface area contributed by atoms with Crippen molar-refractivity contribution < 1.29 is 14.4 Å². The van der Waals surface area contributed by atoms with Crippen LogP contribution in [0.1, 0.15) is 33.6 Å². The zero-order chi connectivity index (χ0) is 18.8. The van der Waals surface area contributed by atoms with E-state index in [-0.39, 0.29) is 24.3 Å². The first kappa shape index (κ1) is 17.7. The minimum absolute atomic E-state index is 0.00926. The Morgan fingerprint density at radius 1 is 1.07 bits per heavy atom. The quantitative estimate of drug-likeness (QED) is 0.880. The van der Waals surface area contributed by atoms with Gasteiger partial charge < -0.3 is 15.1 Å². The zero-order valence-corrected chi connectivity index (χ0v) is 15.8. The lowest BCUT2D eigenvalue weighted by atomic mass is 10.1. The molecule has 2 aromatic rings. The summed E-state index contributed by atoms with van der Waals surface area (Å²) in [6.45, 7) is 2.03. The molecular weight excluding hydrogens is 362 g/mol. The van der Waals surface area contributed by atoms with E-state index in [1.807, 2.05) is 0 Å². The van der Waals surface area contributed by atoms with Crippen LogP contribution in [0.3, 0.4) is 0 Å². The molecule has 1 N–H and O–H groups in total. The second kappa shape index (κ2) is 7.52. The number of hydrogen-bond donors (Lipinski definition) is 1. The predicted octanol–water partition coefficient (Wildman–Crippen LogP) is 2.19. The Bertz CT molecular complexity index is 875. The second-order valence-electron chi connectivity index (χ2n) is 6.81. The van der Waals surface area contributed by atoms with Crippen molar-refractivity contribution in [3.63, 3.8) is 0 Å². The standard InChI is InChI=1S/C20H21N3O3S/c24-18-2-1-9-23(18)16-5-3-14(4-6-16)20(26)21-12-19(25)22-10-7-17-15(13-22)8-11-27-17/h3-6,8,11H,1-2,7,9-10,12-13H2,(H,21,26). The maximum Gasteiger partial charge on any atom is 0.251 e. The Kier molecular flexibility index (Phi) is 4.94. The molecule has 1 aromatic heterocycles. The minimum Gasteiger partial charge on any atom is -0.343 e. The molecule has 0 atom stereocenters. The van der Waals surface area contributed by atoms with Gasteiger partial charge in [-0.25, -0.2) is 0 Å². The molecule has 2 aliphatic heterocycles. The fraction of sp³-hybridized carbons (Fsp3) is 0.350. The molecule has 0 saturated carbocycles. The van der Waals surface area contributed by atoms with Crippen LogP contribution < -0.4 is 10.2 Å². The molecule has 1 saturated heterocycles. The monoisotopic (exact) mass is 383 g/mol. The summed E-state index contributed by atoms with van der Waals surface area (Å²) in [6.07, 6.45) is 2.32. The number of anilines is 1. The van der Waals surface area contributed by atoms with Gasteiger partial charge in [-0.15, -0.1) is 11.3 Å².